The number of nitrogens with one attached hydrogen (secondary N) is 1. The molecule has 0 saturated heterocycles. The van der Waals surface area contributed by atoms with Crippen LogP contribution in [0.15, 0.2) is 17.4 Å². The molecule has 0 amide bonds. The first-order valence-corrected chi connectivity index (χ1v) is 5.99. The van der Waals surface area contributed by atoms with Gasteiger partial charge in [0, 0.05) is 30.2 Å². The predicted molar refractivity (Wildman–Crippen MR) is 58.5 cm³/mol. The third-order valence-corrected chi connectivity index (χ3v) is 2.98. The van der Waals surface area contributed by atoms with Crippen molar-refractivity contribution < 1.29 is 0 Å². The summed E-state index contributed by atoms with van der Waals surface area (Å²) in [6.07, 6.45) is 4.52. The lowest BCUT2D eigenvalue weighted by Gasteiger charge is -2.01. The molecule has 3 nitrogen and oxygen atoms in total. The van der Waals surface area contributed by atoms with Crippen molar-refractivity contribution in [1.82, 2.24) is 15.3 Å². The van der Waals surface area contributed by atoms with Crippen LogP contribution in [0.4, 0.5) is 0 Å². The summed E-state index contributed by atoms with van der Waals surface area (Å²) in [7, 11) is 0. The normalized spacial score (nSPS) is 15.8. The largest absolute Gasteiger partial charge is 0.313 e. The number of hydrogen-bond donors (Lipinski definition) is 1. The van der Waals surface area contributed by atoms with Gasteiger partial charge in [0.2, 0.25) is 0 Å². The molecule has 0 radical (unpaired) electrons. The van der Waals surface area contributed by atoms with Gasteiger partial charge in [-0.2, -0.15) is 0 Å². The van der Waals surface area contributed by atoms with Crippen LogP contribution in [0.1, 0.15) is 18.5 Å². The maximum atomic E-state index is 4.33. The van der Waals surface area contributed by atoms with Gasteiger partial charge in [0.25, 0.3) is 0 Å². The van der Waals surface area contributed by atoms with Gasteiger partial charge in [0.05, 0.1) is 0 Å². The molecule has 0 aliphatic heterocycles. The molecule has 1 aromatic rings. The smallest absolute Gasteiger partial charge is 0.187 e. The van der Waals surface area contributed by atoms with Crippen LogP contribution >= 0.6 is 11.8 Å². The van der Waals surface area contributed by atoms with Crippen LogP contribution in [-0.4, -0.2) is 28.3 Å². The molecule has 1 saturated carbocycles. The standard InChI is InChI=1S/C10H15N3S/c1-8-4-5-12-10(13-8)14-7-6-11-9-2-3-9/h4-5,9,11H,2-3,6-7H2,1H3. The zero-order chi connectivity index (χ0) is 9.80. The highest BCUT2D eigenvalue weighted by molar-refractivity contribution is 7.99. The van der Waals surface area contributed by atoms with Crippen molar-refractivity contribution in [2.75, 3.05) is 12.3 Å². The van der Waals surface area contributed by atoms with Crippen LogP contribution in [0.2, 0.25) is 0 Å². The molecule has 76 valence electrons. The summed E-state index contributed by atoms with van der Waals surface area (Å²) in [5.41, 5.74) is 1.04. The topological polar surface area (TPSA) is 37.8 Å². The molecule has 1 aromatic heterocycles. The van der Waals surface area contributed by atoms with Gasteiger partial charge in [-0.15, -0.1) is 0 Å². The molecule has 1 N–H and O–H groups in total. The fourth-order valence-corrected chi connectivity index (χ4v) is 1.93. The van der Waals surface area contributed by atoms with E-state index >= 15 is 0 Å². The number of aromatic nitrogens is 2. The first kappa shape index (κ1) is 9.93. The minimum absolute atomic E-state index is 0.800. The third-order valence-electron chi connectivity index (χ3n) is 2.12. The van der Waals surface area contributed by atoms with Crippen molar-refractivity contribution in [3.8, 4) is 0 Å². The molecule has 0 unspecified atom stereocenters. The molecule has 2 rings (SSSR count). The zero-order valence-corrected chi connectivity index (χ0v) is 9.18. The Bertz CT molecular complexity index is 299. The third kappa shape index (κ3) is 3.27. The molecule has 0 aromatic carbocycles. The maximum Gasteiger partial charge on any atom is 0.187 e. The summed E-state index contributed by atoms with van der Waals surface area (Å²) >= 11 is 1.72. The highest BCUT2D eigenvalue weighted by Crippen LogP contribution is 2.19. The first-order chi connectivity index (χ1) is 6.84. The van der Waals surface area contributed by atoms with Gasteiger partial charge in [-0.05, 0) is 25.8 Å². The molecular formula is C10H15N3S. The van der Waals surface area contributed by atoms with Crippen LogP contribution in [0.25, 0.3) is 0 Å². The van der Waals surface area contributed by atoms with Crippen molar-refractivity contribution in [1.29, 1.82) is 0 Å². The molecule has 1 fully saturated rings. The van der Waals surface area contributed by atoms with E-state index in [1.54, 1.807) is 11.8 Å². The van der Waals surface area contributed by atoms with Crippen molar-refractivity contribution in [2.45, 2.75) is 31.0 Å². The lowest BCUT2D eigenvalue weighted by molar-refractivity contribution is 0.725. The van der Waals surface area contributed by atoms with Crippen LogP contribution in [0.5, 0.6) is 0 Å². The van der Waals surface area contributed by atoms with Gasteiger partial charge in [-0.1, -0.05) is 11.8 Å². The van der Waals surface area contributed by atoms with Gasteiger partial charge in [0.1, 0.15) is 0 Å². The fraction of sp³-hybridized carbons (Fsp3) is 0.600. The van der Waals surface area contributed by atoms with Gasteiger partial charge in [-0.25, -0.2) is 9.97 Å². The molecule has 1 aliphatic carbocycles. The monoisotopic (exact) mass is 209 g/mol. The fourth-order valence-electron chi connectivity index (χ4n) is 1.19. The maximum absolute atomic E-state index is 4.33. The minimum Gasteiger partial charge on any atom is -0.313 e. The van der Waals surface area contributed by atoms with Crippen LogP contribution in [0, 0.1) is 6.92 Å². The number of rotatable bonds is 5. The van der Waals surface area contributed by atoms with E-state index in [2.05, 4.69) is 15.3 Å². The second-order valence-corrected chi connectivity index (χ2v) is 4.62. The van der Waals surface area contributed by atoms with Crippen molar-refractivity contribution in [3.05, 3.63) is 18.0 Å². The van der Waals surface area contributed by atoms with Crippen LogP contribution < -0.4 is 5.32 Å². The summed E-state index contributed by atoms with van der Waals surface area (Å²) < 4.78 is 0. The molecule has 1 heterocycles. The average Bonchev–Trinajstić information content (AvgIpc) is 2.96. The lowest BCUT2D eigenvalue weighted by atomic mass is 10.5. The van der Waals surface area contributed by atoms with Crippen molar-refractivity contribution in [2.24, 2.45) is 0 Å². The Morgan fingerprint density at radius 1 is 1.57 bits per heavy atom. The second kappa shape index (κ2) is 4.75. The zero-order valence-electron chi connectivity index (χ0n) is 8.36. The Balaban J connectivity index is 1.68. The van der Waals surface area contributed by atoms with E-state index in [0.717, 1.165) is 29.2 Å². The quantitative estimate of drug-likeness (QED) is 0.454. The van der Waals surface area contributed by atoms with E-state index < -0.39 is 0 Å². The Morgan fingerprint density at radius 2 is 2.43 bits per heavy atom. The Kier molecular flexibility index (Phi) is 3.37. The van der Waals surface area contributed by atoms with Gasteiger partial charge < -0.3 is 5.32 Å². The Morgan fingerprint density at radius 3 is 3.14 bits per heavy atom. The lowest BCUT2D eigenvalue weighted by Crippen LogP contribution is -2.19. The van der Waals surface area contributed by atoms with E-state index in [-0.39, 0.29) is 0 Å². The van der Waals surface area contributed by atoms with E-state index in [1.807, 2.05) is 19.2 Å². The van der Waals surface area contributed by atoms with Crippen LogP contribution in [-0.2, 0) is 0 Å². The number of thioether (sulfide) groups is 1. The summed E-state index contributed by atoms with van der Waals surface area (Å²) in [6, 6.07) is 2.72. The van der Waals surface area contributed by atoms with Crippen molar-refractivity contribution >= 4 is 11.8 Å². The summed E-state index contributed by atoms with van der Waals surface area (Å²) in [6.45, 7) is 3.06. The molecule has 4 heteroatoms. The number of nitrogens with zero attached hydrogens (tertiary/aromatic N) is 2. The highest BCUT2D eigenvalue weighted by atomic mass is 32.2. The van der Waals surface area contributed by atoms with E-state index in [1.165, 1.54) is 12.8 Å². The van der Waals surface area contributed by atoms with E-state index in [9.17, 15) is 0 Å². The molecule has 1 aliphatic rings. The SMILES string of the molecule is Cc1ccnc(SCCNC2CC2)n1. The average molecular weight is 209 g/mol. The number of hydrogen-bond acceptors (Lipinski definition) is 4. The highest BCUT2D eigenvalue weighted by Gasteiger charge is 2.19. The molecule has 14 heavy (non-hydrogen) atoms. The van der Waals surface area contributed by atoms with Crippen molar-refractivity contribution in [3.63, 3.8) is 0 Å². The van der Waals surface area contributed by atoms with Crippen LogP contribution in [0.3, 0.4) is 0 Å². The molecule has 0 bridgehead atoms. The Hall–Kier alpha value is -0.610. The first-order valence-electron chi connectivity index (χ1n) is 5.00. The molecular weight excluding hydrogens is 194 g/mol. The van der Waals surface area contributed by atoms with Gasteiger partial charge in [0.15, 0.2) is 5.16 Å². The summed E-state index contributed by atoms with van der Waals surface area (Å²) in [5, 5.41) is 4.36. The van der Waals surface area contributed by atoms with E-state index in [0.29, 0.717) is 0 Å². The van der Waals surface area contributed by atoms with Gasteiger partial charge >= 0.3 is 0 Å². The number of aryl methyl sites for hydroxylation is 1. The molecule has 0 spiro atoms. The Labute approximate surface area is 88.7 Å². The van der Waals surface area contributed by atoms with E-state index in [4.69, 9.17) is 0 Å². The summed E-state index contributed by atoms with van der Waals surface area (Å²) in [4.78, 5) is 8.53. The van der Waals surface area contributed by atoms with Gasteiger partial charge in [-0.3, -0.25) is 0 Å². The summed E-state index contributed by atoms with van der Waals surface area (Å²) in [5.74, 6) is 1.06. The predicted octanol–water partition coefficient (Wildman–Crippen LogP) is 1.63. The minimum atomic E-state index is 0.800. The molecule has 0 atom stereocenters. The second-order valence-electron chi connectivity index (χ2n) is 3.56.